The first kappa shape index (κ1) is 24.7. The maximum atomic E-state index is 12.6. The zero-order valence-electron chi connectivity index (χ0n) is 19.0. The fourth-order valence-corrected chi connectivity index (χ4v) is 5.45. The Morgan fingerprint density at radius 3 is 2.39 bits per heavy atom. The Labute approximate surface area is 194 Å². The standard InChI is InChI=1S/C23H30N4O5S/c1-16-11-17(2)14-26(13-16)15-18(3)24-23(28)19-7-9-20(10-8-19)25-33(31,32)22-6-4-5-21(12-22)27(29)30/h4-10,12,16-18,25H,11,13-15H2,1-3H3,(H,24,28). The van der Waals surface area contributed by atoms with E-state index < -0.39 is 14.9 Å². The highest BCUT2D eigenvalue weighted by Crippen LogP contribution is 2.22. The number of benzene rings is 2. The highest BCUT2D eigenvalue weighted by molar-refractivity contribution is 7.92. The number of non-ortho nitro benzene ring substituents is 1. The Morgan fingerprint density at radius 2 is 1.79 bits per heavy atom. The second-order valence-corrected chi connectivity index (χ2v) is 10.7. The molecule has 2 aromatic carbocycles. The van der Waals surface area contributed by atoms with Gasteiger partial charge in [-0.2, -0.15) is 0 Å². The summed E-state index contributed by atoms with van der Waals surface area (Å²) in [7, 11) is -4.01. The third-order valence-electron chi connectivity index (χ3n) is 5.59. The lowest BCUT2D eigenvalue weighted by Crippen LogP contribution is -2.47. The molecule has 1 fully saturated rings. The molecular formula is C23H30N4O5S. The van der Waals surface area contributed by atoms with Gasteiger partial charge in [0.25, 0.3) is 21.6 Å². The molecule has 0 radical (unpaired) electrons. The van der Waals surface area contributed by atoms with Crippen molar-refractivity contribution < 1.29 is 18.1 Å². The lowest BCUT2D eigenvalue weighted by atomic mass is 9.92. The average Bonchev–Trinajstić information content (AvgIpc) is 2.73. The van der Waals surface area contributed by atoms with E-state index in [9.17, 15) is 23.3 Å². The minimum atomic E-state index is -4.01. The fourth-order valence-electron chi connectivity index (χ4n) is 4.35. The number of nitro groups is 1. The monoisotopic (exact) mass is 474 g/mol. The molecule has 0 saturated carbocycles. The summed E-state index contributed by atoms with van der Waals surface area (Å²) in [5.41, 5.74) is 0.357. The van der Waals surface area contributed by atoms with Crippen LogP contribution in [0.2, 0.25) is 0 Å². The first-order chi connectivity index (χ1) is 15.5. The van der Waals surface area contributed by atoms with Gasteiger partial charge in [-0.1, -0.05) is 19.9 Å². The van der Waals surface area contributed by atoms with Crippen LogP contribution in [-0.2, 0) is 10.0 Å². The molecule has 9 nitrogen and oxygen atoms in total. The van der Waals surface area contributed by atoms with Crippen molar-refractivity contribution in [1.29, 1.82) is 0 Å². The molecule has 0 aromatic heterocycles. The molecule has 2 N–H and O–H groups in total. The van der Waals surface area contributed by atoms with Gasteiger partial charge in [0.2, 0.25) is 0 Å². The number of anilines is 1. The number of nitro benzene ring substituents is 1. The molecule has 1 heterocycles. The van der Waals surface area contributed by atoms with E-state index in [-0.39, 0.29) is 28.2 Å². The summed E-state index contributed by atoms with van der Waals surface area (Å²) in [6.07, 6.45) is 1.23. The van der Waals surface area contributed by atoms with E-state index in [2.05, 4.69) is 28.8 Å². The van der Waals surface area contributed by atoms with Crippen LogP contribution in [0.15, 0.2) is 53.4 Å². The number of hydrogen-bond acceptors (Lipinski definition) is 6. The van der Waals surface area contributed by atoms with E-state index in [0.29, 0.717) is 17.4 Å². The number of likely N-dealkylation sites (tertiary alicyclic amines) is 1. The molecule has 1 saturated heterocycles. The maximum absolute atomic E-state index is 12.6. The van der Waals surface area contributed by atoms with Crippen molar-refractivity contribution in [2.24, 2.45) is 11.8 Å². The van der Waals surface area contributed by atoms with Gasteiger partial charge in [0.1, 0.15) is 0 Å². The van der Waals surface area contributed by atoms with Gasteiger partial charge in [-0.25, -0.2) is 8.42 Å². The van der Waals surface area contributed by atoms with E-state index in [0.717, 1.165) is 25.7 Å². The van der Waals surface area contributed by atoms with Gasteiger partial charge in [0, 0.05) is 49.1 Å². The Kier molecular flexibility index (Phi) is 7.70. The quantitative estimate of drug-likeness (QED) is 0.446. The number of amides is 1. The molecular weight excluding hydrogens is 444 g/mol. The molecule has 1 amide bonds. The zero-order chi connectivity index (χ0) is 24.2. The molecule has 10 heteroatoms. The van der Waals surface area contributed by atoms with Crippen molar-refractivity contribution in [1.82, 2.24) is 10.2 Å². The number of carbonyl (C=O) groups is 1. The lowest BCUT2D eigenvalue weighted by Gasteiger charge is -2.36. The summed E-state index contributed by atoms with van der Waals surface area (Å²) in [5.74, 6) is 1.07. The van der Waals surface area contributed by atoms with E-state index in [4.69, 9.17) is 0 Å². The largest absolute Gasteiger partial charge is 0.348 e. The van der Waals surface area contributed by atoms with Gasteiger partial charge in [0.05, 0.1) is 9.82 Å². The minimum absolute atomic E-state index is 0.0259. The summed E-state index contributed by atoms with van der Waals surface area (Å²) >= 11 is 0. The van der Waals surface area contributed by atoms with Gasteiger partial charge in [-0.3, -0.25) is 19.6 Å². The highest BCUT2D eigenvalue weighted by Gasteiger charge is 2.23. The predicted octanol–water partition coefficient (Wildman–Crippen LogP) is 3.49. The first-order valence-corrected chi connectivity index (χ1v) is 12.4. The van der Waals surface area contributed by atoms with Gasteiger partial charge < -0.3 is 10.2 Å². The maximum Gasteiger partial charge on any atom is 0.270 e. The molecule has 3 unspecified atom stereocenters. The second kappa shape index (κ2) is 10.3. The summed E-state index contributed by atoms with van der Waals surface area (Å²) in [4.78, 5) is 25.0. The van der Waals surface area contributed by atoms with Gasteiger partial charge in [-0.15, -0.1) is 0 Å². The van der Waals surface area contributed by atoms with Crippen LogP contribution in [0, 0.1) is 22.0 Å². The van der Waals surface area contributed by atoms with Gasteiger partial charge in [0.15, 0.2) is 0 Å². The van der Waals surface area contributed by atoms with Crippen molar-refractivity contribution in [3.05, 3.63) is 64.2 Å². The summed E-state index contributed by atoms with van der Waals surface area (Å²) in [6.45, 7) is 9.32. The van der Waals surface area contributed by atoms with E-state index in [1.165, 1.54) is 36.8 Å². The number of nitrogens with one attached hydrogen (secondary N) is 2. The molecule has 178 valence electrons. The minimum Gasteiger partial charge on any atom is -0.348 e. The second-order valence-electron chi connectivity index (χ2n) is 8.98. The van der Waals surface area contributed by atoms with Crippen LogP contribution in [-0.4, -0.2) is 49.8 Å². The van der Waals surface area contributed by atoms with Crippen molar-refractivity contribution in [3.63, 3.8) is 0 Å². The Balaban J connectivity index is 1.59. The van der Waals surface area contributed by atoms with E-state index in [1.807, 2.05) is 6.92 Å². The van der Waals surface area contributed by atoms with E-state index >= 15 is 0 Å². The first-order valence-electron chi connectivity index (χ1n) is 10.9. The topological polar surface area (TPSA) is 122 Å². The SMILES string of the molecule is CC1CC(C)CN(CC(C)NC(=O)c2ccc(NS(=O)(=O)c3cccc([N+](=O)[O-])c3)cc2)C1. The third kappa shape index (κ3) is 6.75. The van der Waals surface area contributed by atoms with Crippen LogP contribution in [0.5, 0.6) is 0 Å². The molecule has 3 rings (SSSR count). The molecule has 0 bridgehead atoms. The summed E-state index contributed by atoms with van der Waals surface area (Å²) in [5, 5.41) is 13.9. The van der Waals surface area contributed by atoms with Gasteiger partial charge in [-0.05, 0) is 55.5 Å². The van der Waals surface area contributed by atoms with Crippen LogP contribution in [0.3, 0.4) is 0 Å². The van der Waals surface area contributed by atoms with Crippen LogP contribution >= 0.6 is 0 Å². The Bertz CT molecular complexity index is 1090. The van der Waals surface area contributed by atoms with E-state index in [1.54, 1.807) is 12.1 Å². The number of piperidine rings is 1. The predicted molar refractivity (Wildman–Crippen MR) is 127 cm³/mol. The third-order valence-corrected chi connectivity index (χ3v) is 6.97. The number of nitrogens with zero attached hydrogens (tertiary/aromatic N) is 2. The summed E-state index contributed by atoms with van der Waals surface area (Å²) < 4.78 is 27.5. The molecule has 33 heavy (non-hydrogen) atoms. The van der Waals surface area contributed by atoms with Crippen molar-refractivity contribution in [2.45, 2.75) is 38.1 Å². The van der Waals surface area contributed by atoms with Crippen molar-refractivity contribution in [2.75, 3.05) is 24.4 Å². The number of hydrogen-bond donors (Lipinski definition) is 2. The zero-order valence-corrected chi connectivity index (χ0v) is 19.8. The Morgan fingerprint density at radius 1 is 1.15 bits per heavy atom. The molecule has 2 aromatic rings. The molecule has 0 aliphatic carbocycles. The molecule has 3 atom stereocenters. The smallest absolute Gasteiger partial charge is 0.270 e. The fraction of sp³-hybridized carbons (Fsp3) is 0.435. The summed E-state index contributed by atoms with van der Waals surface area (Å²) in [6, 6.07) is 10.8. The molecule has 0 spiro atoms. The normalized spacial score (nSPS) is 20.1. The van der Waals surface area contributed by atoms with Crippen molar-refractivity contribution in [3.8, 4) is 0 Å². The van der Waals surface area contributed by atoms with Crippen LogP contribution in [0.25, 0.3) is 0 Å². The molecule has 1 aliphatic rings. The molecule has 1 aliphatic heterocycles. The average molecular weight is 475 g/mol. The number of rotatable bonds is 8. The van der Waals surface area contributed by atoms with Gasteiger partial charge >= 0.3 is 0 Å². The van der Waals surface area contributed by atoms with Crippen LogP contribution < -0.4 is 10.0 Å². The number of carbonyl (C=O) groups excluding carboxylic acids is 1. The Hall–Kier alpha value is -2.98. The number of sulfonamides is 1. The van der Waals surface area contributed by atoms with Crippen molar-refractivity contribution >= 4 is 27.3 Å². The highest BCUT2D eigenvalue weighted by atomic mass is 32.2. The van der Waals surface area contributed by atoms with Crippen LogP contribution in [0.4, 0.5) is 11.4 Å². The lowest BCUT2D eigenvalue weighted by molar-refractivity contribution is -0.385. The van der Waals surface area contributed by atoms with Crippen LogP contribution in [0.1, 0.15) is 37.6 Å².